The second kappa shape index (κ2) is 9.38. The quantitative estimate of drug-likeness (QED) is 0.689. The van der Waals surface area contributed by atoms with E-state index in [2.05, 4.69) is 52.4 Å². The Morgan fingerprint density at radius 2 is 1.94 bits per heavy atom. The van der Waals surface area contributed by atoms with Gasteiger partial charge in [0, 0.05) is 31.7 Å². The third kappa shape index (κ3) is 4.61. The van der Waals surface area contributed by atoms with E-state index in [9.17, 15) is 4.79 Å². The molecule has 3 aliphatic heterocycles. The van der Waals surface area contributed by atoms with Crippen LogP contribution in [0.4, 0.5) is 4.79 Å². The summed E-state index contributed by atoms with van der Waals surface area (Å²) in [5, 5.41) is 3.29. The maximum Gasteiger partial charge on any atom is 0.318 e. The maximum atomic E-state index is 13.5. The normalized spacial score (nSPS) is 25.6. The number of carbonyl (C=O) groups is 1. The lowest BCUT2D eigenvalue weighted by molar-refractivity contribution is 0.00532. The summed E-state index contributed by atoms with van der Waals surface area (Å²) in [5.41, 5.74) is 4.04. The highest BCUT2D eigenvalue weighted by Crippen LogP contribution is 2.42. The number of rotatable bonds is 4. The van der Waals surface area contributed by atoms with Gasteiger partial charge >= 0.3 is 6.03 Å². The van der Waals surface area contributed by atoms with Crippen LogP contribution in [0.3, 0.4) is 0 Å². The molecule has 5 heteroatoms. The first-order chi connectivity index (χ1) is 16.0. The number of carbonyl (C=O) groups excluding carboxylic acids is 1. The molecule has 1 N–H and O–H groups in total. The number of piperidine rings is 2. The minimum absolute atomic E-state index is 0.0657. The highest BCUT2D eigenvalue weighted by molar-refractivity contribution is 5.75. The van der Waals surface area contributed by atoms with Crippen molar-refractivity contribution in [1.82, 2.24) is 15.1 Å². The molecule has 2 aromatic carbocycles. The van der Waals surface area contributed by atoms with E-state index in [-0.39, 0.29) is 18.2 Å². The van der Waals surface area contributed by atoms with Crippen molar-refractivity contribution in [3.05, 3.63) is 65.2 Å². The van der Waals surface area contributed by atoms with E-state index < -0.39 is 0 Å². The van der Waals surface area contributed by atoms with Crippen LogP contribution in [-0.2, 0) is 6.42 Å². The molecule has 3 aliphatic rings. The van der Waals surface area contributed by atoms with Gasteiger partial charge in [-0.3, -0.25) is 4.90 Å². The molecule has 5 rings (SSSR count). The van der Waals surface area contributed by atoms with Crippen molar-refractivity contribution in [3.63, 3.8) is 0 Å². The molecule has 3 heterocycles. The fourth-order valence-corrected chi connectivity index (χ4v) is 6.13. The fourth-order valence-electron chi connectivity index (χ4n) is 6.13. The van der Waals surface area contributed by atoms with Gasteiger partial charge in [0.15, 0.2) is 0 Å². The van der Waals surface area contributed by atoms with Crippen LogP contribution in [0.5, 0.6) is 5.75 Å². The number of benzene rings is 2. The van der Waals surface area contributed by atoms with Crippen molar-refractivity contribution < 1.29 is 9.53 Å². The van der Waals surface area contributed by atoms with Gasteiger partial charge < -0.3 is 15.0 Å². The van der Waals surface area contributed by atoms with Crippen LogP contribution < -0.4 is 10.1 Å². The zero-order chi connectivity index (χ0) is 22.9. The van der Waals surface area contributed by atoms with Crippen LogP contribution >= 0.6 is 0 Å². The van der Waals surface area contributed by atoms with Gasteiger partial charge in [0.25, 0.3) is 0 Å². The average Bonchev–Trinajstić information content (AvgIpc) is 2.82. The molecule has 4 atom stereocenters. The third-order valence-electron chi connectivity index (χ3n) is 7.71. The number of hydrogen-bond acceptors (Lipinski definition) is 3. The standard InChI is InChI=1S/C28H37N3O2/c1-19(2)33-24-11-6-9-22(16-24)20(3)29-28(32)31-14-7-10-23-18-30-15-13-21-8-4-5-12-25(21)27(30)17-26(23)31/h4-6,8-9,11-12,16,19-20,23,26-27H,7,10,13-15,17-18H2,1-3H3,(H,29,32)/t20-,23-,26+,27-/m1/s1. The molecule has 0 bridgehead atoms. The van der Waals surface area contributed by atoms with Crippen molar-refractivity contribution in [3.8, 4) is 5.75 Å². The second-order valence-corrected chi connectivity index (χ2v) is 10.3. The molecule has 2 fully saturated rings. The summed E-state index contributed by atoms with van der Waals surface area (Å²) in [6, 6.07) is 17.7. The lowest BCUT2D eigenvalue weighted by atomic mass is 9.77. The number of hydrogen-bond donors (Lipinski definition) is 1. The van der Waals surface area contributed by atoms with Crippen LogP contribution in [0.25, 0.3) is 0 Å². The molecule has 2 saturated heterocycles. The first kappa shape index (κ1) is 22.3. The minimum Gasteiger partial charge on any atom is -0.491 e. The Balaban J connectivity index is 1.30. The minimum atomic E-state index is -0.0657. The molecule has 176 valence electrons. The van der Waals surface area contributed by atoms with Gasteiger partial charge in [-0.25, -0.2) is 4.79 Å². The molecule has 0 unspecified atom stereocenters. The third-order valence-corrected chi connectivity index (χ3v) is 7.71. The number of urea groups is 1. The summed E-state index contributed by atoms with van der Waals surface area (Å²) in [6.45, 7) is 9.22. The van der Waals surface area contributed by atoms with Gasteiger partial charge in [-0.1, -0.05) is 36.4 Å². The van der Waals surface area contributed by atoms with E-state index in [0.29, 0.717) is 18.0 Å². The number of nitrogens with zero attached hydrogens (tertiary/aromatic N) is 2. The Bertz CT molecular complexity index is 991. The molecule has 2 amide bonds. The number of nitrogens with one attached hydrogen (secondary N) is 1. The van der Waals surface area contributed by atoms with Crippen LogP contribution in [0, 0.1) is 5.92 Å². The molecular weight excluding hydrogens is 410 g/mol. The van der Waals surface area contributed by atoms with Gasteiger partial charge in [0.2, 0.25) is 0 Å². The summed E-state index contributed by atoms with van der Waals surface area (Å²) >= 11 is 0. The van der Waals surface area contributed by atoms with Crippen LogP contribution in [0.1, 0.15) is 68.8 Å². The van der Waals surface area contributed by atoms with Gasteiger partial charge in [-0.15, -0.1) is 0 Å². The Morgan fingerprint density at radius 1 is 1.09 bits per heavy atom. The second-order valence-electron chi connectivity index (χ2n) is 10.3. The first-order valence-corrected chi connectivity index (χ1v) is 12.6. The molecule has 0 saturated carbocycles. The first-order valence-electron chi connectivity index (χ1n) is 12.6. The summed E-state index contributed by atoms with van der Waals surface area (Å²) in [4.78, 5) is 18.3. The summed E-state index contributed by atoms with van der Waals surface area (Å²) in [6.07, 6.45) is 4.64. The molecule has 0 aliphatic carbocycles. The number of fused-ring (bicyclic) bond motifs is 4. The topological polar surface area (TPSA) is 44.8 Å². The molecule has 0 aromatic heterocycles. The Morgan fingerprint density at radius 3 is 2.79 bits per heavy atom. The molecule has 2 aromatic rings. The van der Waals surface area contributed by atoms with Crippen molar-refractivity contribution in [1.29, 1.82) is 0 Å². The summed E-state index contributed by atoms with van der Waals surface area (Å²) in [5.74, 6) is 1.43. The SMILES string of the molecule is CC(C)Oc1cccc([C@@H](C)NC(=O)N2CCC[C@@H]3CN4CCc5ccccc5[C@H]4C[C@@H]32)c1. The highest BCUT2D eigenvalue weighted by Gasteiger charge is 2.44. The zero-order valence-electron chi connectivity index (χ0n) is 20.2. The predicted molar refractivity (Wildman–Crippen MR) is 131 cm³/mol. The molecular formula is C28H37N3O2. The van der Waals surface area contributed by atoms with Crippen molar-refractivity contribution in [2.75, 3.05) is 19.6 Å². The van der Waals surface area contributed by atoms with Crippen molar-refractivity contribution >= 4 is 6.03 Å². The molecule has 0 radical (unpaired) electrons. The number of amides is 2. The van der Waals surface area contributed by atoms with E-state index in [0.717, 1.165) is 50.2 Å². The predicted octanol–water partition coefficient (Wildman–Crippen LogP) is 5.33. The lowest BCUT2D eigenvalue weighted by Gasteiger charge is -2.52. The van der Waals surface area contributed by atoms with Gasteiger partial charge in [0.05, 0.1) is 12.1 Å². The van der Waals surface area contributed by atoms with E-state index >= 15 is 0 Å². The van der Waals surface area contributed by atoms with Crippen LogP contribution in [-0.4, -0.2) is 47.6 Å². The van der Waals surface area contributed by atoms with Crippen LogP contribution in [0.15, 0.2) is 48.5 Å². The largest absolute Gasteiger partial charge is 0.491 e. The van der Waals surface area contributed by atoms with E-state index in [4.69, 9.17) is 4.74 Å². The van der Waals surface area contributed by atoms with Gasteiger partial charge in [-0.2, -0.15) is 0 Å². The lowest BCUT2D eigenvalue weighted by Crippen LogP contribution is -2.59. The number of likely N-dealkylation sites (tertiary alicyclic amines) is 1. The Hall–Kier alpha value is -2.53. The number of ether oxygens (including phenoxy) is 1. The van der Waals surface area contributed by atoms with E-state index in [1.165, 1.54) is 17.5 Å². The van der Waals surface area contributed by atoms with Crippen molar-refractivity contribution in [2.24, 2.45) is 5.92 Å². The van der Waals surface area contributed by atoms with Crippen molar-refractivity contribution in [2.45, 2.75) is 70.7 Å². The summed E-state index contributed by atoms with van der Waals surface area (Å²) in [7, 11) is 0. The van der Waals surface area contributed by atoms with Gasteiger partial charge in [0.1, 0.15) is 5.75 Å². The maximum absolute atomic E-state index is 13.5. The Kier molecular flexibility index (Phi) is 6.33. The molecule has 33 heavy (non-hydrogen) atoms. The highest BCUT2D eigenvalue weighted by atomic mass is 16.5. The Labute approximate surface area is 198 Å². The fraction of sp³-hybridized carbons (Fsp3) is 0.536. The summed E-state index contributed by atoms with van der Waals surface area (Å²) < 4.78 is 5.85. The smallest absolute Gasteiger partial charge is 0.318 e. The molecule has 5 nitrogen and oxygen atoms in total. The van der Waals surface area contributed by atoms with Crippen LogP contribution in [0.2, 0.25) is 0 Å². The van der Waals surface area contributed by atoms with E-state index in [1.54, 1.807) is 0 Å². The average molecular weight is 448 g/mol. The van der Waals surface area contributed by atoms with E-state index in [1.807, 2.05) is 32.0 Å². The molecule has 0 spiro atoms. The zero-order valence-corrected chi connectivity index (χ0v) is 20.2. The monoisotopic (exact) mass is 447 g/mol. The van der Waals surface area contributed by atoms with Gasteiger partial charge in [-0.05, 0) is 81.2 Å².